The summed E-state index contributed by atoms with van der Waals surface area (Å²) < 4.78 is 16.8. The standard InChI is InChI=1S/C30H28N2O5/c1-16-10-11-21-20(12-16)25-22(31-21)15-19(17-13-23(35-2)28(37-4)24(14-17)36-3)26-27(25)30(34)32(29(26)33)18-8-6-5-7-9-18/h5-14,19,26-27,31H,15H2,1-4H3/t19-,26+,27-/m0/s1. The van der Waals surface area contributed by atoms with Gasteiger partial charge >= 0.3 is 0 Å². The lowest BCUT2D eigenvalue weighted by molar-refractivity contribution is -0.122. The summed E-state index contributed by atoms with van der Waals surface area (Å²) in [6.07, 6.45) is 0.574. The molecule has 0 bridgehead atoms. The molecule has 3 aromatic carbocycles. The maximum atomic E-state index is 14.1. The molecule has 3 atom stereocenters. The Balaban J connectivity index is 1.58. The number of aromatic amines is 1. The van der Waals surface area contributed by atoms with Crippen molar-refractivity contribution in [2.45, 2.75) is 25.2 Å². The summed E-state index contributed by atoms with van der Waals surface area (Å²) in [7, 11) is 4.71. The van der Waals surface area contributed by atoms with E-state index in [0.717, 1.165) is 33.3 Å². The number of ether oxygens (including phenoxy) is 3. The maximum Gasteiger partial charge on any atom is 0.242 e. The highest BCUT2D eigenvalue weighted by Crippen LogP contribution is 2.54. The van der Waals surface area contributed by atoms with E-state index < -0.39 is 11.8 Å². The van der Waals surface area contributed by atoms with Gasteiger partial charge in [-0.2, -0.15) is 0 Å². The van der Waals surface area contributed by atoms with E-state index in [0.29, 0.717) is 29.4 Å². The number of methoxy groups -OCH3 is 3. The first-order valence-corrected chi connectivity index (χ1v) is 12.3. The smallest absolute Gasteiger partial charge is 0.242 e. The Morgan fingerprint density at radius 1 is 0.865 bits per heavy atom. The monoisotopic (exact) mass is 496 g/mol. The minimum Gasteiger partial charge on any atom is -0.493 e. The molecule has 7 nitrogen and oxygen atoms in total. The number of para-hydroxylation sites is 1. The van der Waals surface area contributed by atoms with Crippen LogP contribution in [-0.4, -0.2) is 38.1 Å². The number of hydrogen-bond donors (Lipinski definition) is 1. The number of aromatic nitrogens is 1. The highest BCUT2D eigenvalue weighted by Gasteiger charge is 2.56. The average Bonchev–Trinajstić information content (AvgIpc) is 3.41. The lowest BCUT2D eigenvalue weighted by atomic mass is 9.69. The lowest BCUT2D eigenvalue weighted by Gasteiger charge is -2.32. The second kappa shape index (κ2) is 8.69. The van der Waals surface area contributed by atoms with Crippen LogP contribution in [0.3, 0.4) is 0 Å². The Bertz CT molecular complexity index is 1520. The Kier molecular flexibility index (Phi) is 5.44. The van der Waals surface area contributed by atoms with Gasteiger partial charge in [-0.3, -0.25) is 9.59 Å². The van der Waals surface area contributed by atoms with Crippen LogP contribution in [0.4, 0.5) is 5.69 Å². The van der Waals surface area contributed by atoms with Crippen molar-refractivity contribution in [3.63, 3.8) is 0 Å². The molecular weight excluding hydrogens is 468 g/mol. The van der Waals surface area contributed by atoms with Crippen molar-refractivity contribution in [2.75, 3.05) is 26.2 Å². The van der Waals surface area contributed by atoms with Gasteiger partial charge in [-0.05, 0) is 60.9 Å². The minimum absolute atomic E-state index is 0.187. The number of aryl methyl sites for hydroxylation is 1. The number of benzene rings is 3. The molecule has 2 aliphatic rings. The third-order valence-corrected chi connectivity index (χ3v) is 7.73. The van der Waals surface area contributed by atoms with Crippen molar-refractivity contribution in [3.05, 3.63) is 83.0 Å². The van der Waals surface area contributed by atoms with E-state index in [-0.39, 0.29) is 17.7 Å². The van der Waals surface area contributed by atoms with Gasteiger partial charge in [0, 0.05) is 22.5 Å². The fourth-order valence-electron chi connectivity index (χ4n) is 6.12. The van der Waals surface area contributed by atoms with Crippen molar-refractivity contribution in [2.24, 2.45) is 5.92 Å². The zero-order valence-corrected chi connectivity index (χ0v) is 21.2. The largest absolute Gasteiger partial charge is 0.493 e. The number of amides is 2. The van der Waals surface area contributed by atoms with Crippen molar-refractivity contribution in [1.82, 2.24) is 4.98 Å². The van der Waals surface area contributed by atoms with Gasteiger partial charge in [-0.25, -0.2) is 4.90 Å². The van der Waals surface area contributed by atoms with Crippen LogP contribution >= 0.6 is 0 Å². The van der Waals surface area contributed by atoms with Gasteiger partial charge in [-0.15, -0.1) is 0 Å². The van der Waals surface area contributed by atoms with E-state index in [2.05, 4.69) is 17.1 Å². The van der Waals surface area contributed by atoms with E-state index >= 15 is 0 Å². The van der Waals surface area contributed by atoms with Gasteiger partial charge in [0.2, 0.25) is 17.6 Å². The van der Waals surface area contributed by atoms with E-state index in [1.807, 2.05) is 55.5 Å². The number of fused-ring (bicyclic) bond motifs is 5. The molecule has 4 aromatic rings. The van der Waals surface area contributed by atoms with Crippen molar-refractivity contribution in [3.8, 4) is 17.2 Å². The van der Waals surface area contributed by atoms with Crippen molar-refractivity contribution < 1.29 is 23.8 Å². The molecule has 1 N–H and O–H groups in total. The molecule has 0 unspecified atom stereocenters. The molecule has 0 saturated carbocycles. The van der Waals surface area contributed by atoms with E-state index in [4.69, 9.17) is 14.2 Å². The SMILES string of the molecule is COc1cc([C@@H]2Cc3[nH]c4ccc(C)cc4c3[C@@H]3C(=O)N(c4ccccc4)C(=O)[C@H]23)cc(OC)c1OC. The molecule has 1 aromatic heterocycles. The van der Waals surface area contributed by atoms with E-state index in [1.165, 1.54) is 4.90 Å². The number of rotatable bonds is 5. The van der Waals surface area contributed by atoms with Gasteiger partial charge in [0.25, 0.3) is 0 Å². The number of hydrogen-bond acceptors (Lipinski definition) is 5. The predicted octanol–water partition coefficient (Wildman–Crippen LogP) is 5.12. The van der Waals surface area contributed by atoms with Crippen LogP contribution in [-0.2, 0) is 16.0 Å². The van der Waals surface area contributed by atoms with Crippen molar-refractivity contribution in [1.29, 1.82) is 0 Å². The molecular formula is C30H28N2O5. The molecule has 7 heteroatoms. The molecule has 1 fully saturated rings. The number of carbonyl (C=O) groups is 2. The van der Waals surface area contributed by atoms with Gasteiger partial charge in [-0.1, -0.05) is 29.8 Å². The highest BCUT2D eigenvalue weighted by molar-refractivity contribution is 6.25. The number of H-pyrrole nitrogens is 1. The summed E-state index contributed by atoms with van der Waals surface area (Å²) in [5.41, 5.74) is 5.45. The minimum atomic E-state index is -0.601. The zero-order chi connectivity index (χ0) is 25.8. The van der Waals surface area contributed by atoms with Crippen LogP contribution in [0.15, 0.2) is 60.7 Å². The summed E-state index contributed by atoms with van der Waals surface area (Å²) in [5.74, 6) is -0.298. The molecule has 188 valence electrons. The second-order valence-corrected chi connectivity index (χ2v) is 9.69. The topological polar surface area (TPSA) is 80.9 Å². The molecule has 2 heterocycles. The molecule has 0 spiro atoms. The van der Waals surface area contributed by atoms with Crippen LogP contribution < -0.4 is 19.1 Å². The highest BCUT2D eigenvalue weighted by atomic mass is 16.5. The normalized spacial score (nSPS) is 20.6. The molecule has 2 amide bonds. The number of nitrogens with zero attached hydrogens (tertiary/aromatic N) is 1. The Labute approximate surface area is 214 Å². The van der Waals surface area contributed by atoms with Crippen LogP contribution in [0.25, 0.3) is 10.9 Å². The number of imide groups is 1. The first kappa shape index (κ1) is 23.2. The predicted molar refractivity (Wildman–Crippen MR) is 141 cm³/mol. The summed E-state index contributed by atoms with van der Waals surface area (Å²) >= 11 is 0. The van der Waals surface area contributed by atoms with E-state index in [9.17, 15) is 9.59 Å². The zero-order valence-electron chi connectivity index (χ0n) is 21.2. The maximum absolute atomic E-state index is 14.1. The quantitative estimate of drug-likeness (QED) is 0.388. The van der Waals surface area contributed by atoms with Crippen LogP contribution in [0.1, 0.15) is 34.2 Å². The van der Waals surface area contributed by atoms with Gasteiger partial charge < -0.3 is 19.2 Å². The molecule has 6 rings (SSSR count). The number of nitrogens with one attached hydrogen (secondary N) is 1. The van der Waals surface area contributed by atoms with E-state index in [1.54, 1.807) is 21.3 Å². The molecule has 0 radical (unpaired) electrons. The van der Waals surface area contributed by atoms with Gasteiger partial charge in [0.1, 0.15) is 0 Å². The summed E-state index contributed by atoms with van der Waals surface area (Å²) in [5, 5.41) is 1.00. The lowest BCUT2D eigenvalue weighted by Crippen LogP contribution is -2.32. The molecule has 1 saturated heterocycles. The first-order valence-electron chi connectivity index (χ1n) is 12.3. The third kappa shape index (κ3) is 3.41. The first-order chi connectivity index (χ1) is 18.0. The fraction of sp³-hybridized carbons (Fsp3) is 0.267. The summed E-state index contributed by atoms with van der Waals surface area (Å²) in [4.78, 5) is 33.1. The average molecular weight is 497 g/mol. The Morgan fingerprint density at radius 3 is 2.22 bits per heavy atom. The third-order valence-electron chi connectivity index (χ3n) is 7.73. The Hall–Kier alpha value is -4.26. The molecule has 1 aliphatic carbocycles. The second-order valence-electron chi connectivity index (χ2n) is 9.69. The Morgan fingerprint density at radius 2 is 1.57 bits per heavy atom. The van der Waals surface area contributed by atoms with Crippen molar-refractivity contribution >= 4 is 28.4 Å². The van der Waals surface area contributed by atoms with Gasteiger partial charge in [0.15, 0.2) is 11.5 Å². The van der Waals surface area contributed by atoms with Gasteiger partial charge in [0.05, 0.1) is 38.9 Å². The summed E-state index contributed by atoms with van der Waals surface area (Å²) in [6, 6.07) is 19.2. The van der Waals surface area contributed by atoms with Crippen LogP contribution in [0.2, 0.25) is 0 Å². The van der Waals surface area contributed by atoms with Crippen LogP contribution in [0, 0.1) is 12.8 Å². The number of anilines is 1. The molecule has 37 heavy (non-hydrogen) atoms. The number of carbonyl (C=O) groups excluding carboxylic acids is 2. The fourth-order valence-corrected chi connectivity index (χ4v) is 6.12. The molecule has 1 aliphatic heterocycles. The van der Waals surface area contributed by atoms with Crippen LogP contribution in [0.5, 0.6) is 17.2 Å². The summed E-state index contributed by atoms with van der Waals surface area (Å²) in [6.45, 7) is 2.04.